The van der Waals surface area contributed by atoms with E-state index in [1.165, 1.54) is 4.90 Å². The molecule has 0 saturated carbocycles. The second kappa shape index (κ2) is 6.65. The maximum atomic E-state index is 12.2. The average Bonchev–Trinajstić information content (AvgIpc) is 2.79. The van der Waals surface area contributed by atoms with Gasteiger partial charge in [-0.15, -0.1) is 0 Å². The Hall–Kier alpha value is -1.28. The summed E-state index contributed by atoms with van der Waals surface area (Å²) in [6, 6.07) is -0.857. The highest BCUT2D eigenvalue weighted by atomic mass is 32.2. The quantitative estimate of drug-likeness (QED) is 0.803. The number of nitrogens with one attached hydrogen (secondary N) is 1. The van der Waals surface area contributed by atoms with E-state index in [0.29, 0.717) is 19.1 Å². The number of thioether (sulfide) groups is 1. The molecule has 21 heavy (non-hydrogen) atoms. The number of aliphatic imine (C=N–C) groups is 1. The number of hydrogen-bond acceptors (Lipinski definition) is 6. The highest BCUT2D eigenvalue weighted by molar-refractivity contribution is 8.13. The van der Waals surface area contributed by atoms with Gasteiger partial charge in [-0.25, -0.2) is 9.79 Å². The van der Waals surface area contributed by atoms with E-state index in [9.17, 15) is 9.59 Å². The summed E-state index contributed by atoms with van der Waals surface area (Å²) in [4.78, 5) is 31.9. The Balaban J connectivity index is 2.20. The molecule has 2 atom stereocenters. The summed E-state index contributed by atoms with van der Waals surface area (Å²) in [5.41, 5.74) is 0. The largest absolute Gasteiger partial charge is 0.383 e. The fraction of sp³-hybridized carbons (Fsp3) is 0.769. The molecule has 118 valence electrons. The molecule has 0 bridgehead atoms. The lowest BCUT2D eigenvalue weighted by Gasteiger charge is -2.36. The van der Waals surface area contributed by atoms with Gasteiger partial charge in [0.05, 0.1) is 6.61 Å². The first-order valence-corrected chi connectivity index (χ1v) is 7.98. The number of carbonyl (C=O) groups is 2. The summed E-state index contributed by atoms with van der Waals surface area (Å²) in [6.45, 7) is 5.36. The number of amidine groups is 1. The topological polar surface area (TPSA) is 74.2 Å². The molecule has 8 heteroatoms. The predicted molar refractivity (Wildman–Crippen MR) is 82.2 cm³/mol. The molecule has 3 amide bonds. The minimum atomic E-state index is -0.461. The number of likely N-dealkylation sites (N-methyl/N-ethyl adjacent to an activating group) is 1. The number of carbonyl (C=O) groups excluding carboxylic acids is 2. The number of ether oxygens (including phenoxy) is 1. The second-order valence-corrected chi connectivity index (χ2v) is 6.55. The van der Waals surface area contributed by atoms with Crippen molar-refractivity contribution in [3.63, 3.8) is 0 Å². The fourth-order valence-corrected chi connectivity index (χ4v) is 3.32. The molecular weight excluding hydrogens is 292 g/mol. The van der Waals surface area contributed by atoms with E-state index >= 15 is 0 Å². The number of imide groups is 1. The van der Waals surface area contributed by atoms with Crippen LogP contribution in [0, 0.1) is 5.92 Å². The fourth-order valence-electron chi connectivity index (χ4n) is 2.29. The van der Waals surface area contributed by atoms with Crippen molar-refractivity contribution in [2.45, 2.75) is 26.1 Å². The minimum Gasteiger partial charge on any atom is -0.383 e. The molecule has 0 aromatic heterocycles. The number of rotatable bonds is 5. The summed E-state index contributed by atoms with van der Waals surface area (Å²) in [7, 11) is 3.29. The number of fused-ring (bicyclic) bond motifs is 1. The first kappa shape index (κ1) is 16.1. The molecule has 1 N–H and O–H groups in total. The molecule has 1 saturated heterocycles. The zero-order valence-electron chi connectivity index (χ0n) is 12.8. The van der Waals surface area contributed by atoms with Gasteiger partial charge in [-0.1, -0.05) is 25.6 Å². The molecule has 0 aromatic rings. The van der Waals surface area contributed by atoms with Gasteiger partial charge in [0.25, 0.3) is 5.91 Å². The van der Waals surface area contributed by atoms with E-state index in [-0.39, 0.29) is 5.91 Å². The molecule has 0 aliphatic carbocycles. The zero-order chi connectivity index (χ0) is 15.6. The molecular formula is C13H22N4O3S. The van der Waals surface area contributed by atoms with Crippen LogP contribution in [0.4, 0.5) is 4.79 Å². The van der Waals surface area contributed by atoms with Crippen LogP contribution in [-0.4, -0.2) is 72.2 Å². The van der Waals surface area contributed by atoms with Gasteiger partial charge in [-0.2, -0.15) is 0 Å². The number of urea groups is 1. The van der Waals surface area contributed by atoms with Crippen LogP contribution >= 0.6 is 11.8 Å². The van der Waals surface area contributed by atoms with Crippen molar-refractivity contribution in [3.8, 4) is 0 Å². The van der Waals surface area contributed by atoms with Crippen molar-refractivity contribution in [2.75, 3.05) is 33.1 Å². The van der Waals surface area contributed by atoms with Gasteiger partial charge in [-0.05, 0) is 5.92 Å². The predicted octanol–water partition coefficient (Wildman–Crippen LogP) is 0.570. The van der Waals surface area contributed by atoms with Crippen molar-refractivity contribution in [1.82, 2.24) is 15.1 Å². The van der Waals surface area contributed by atoms with Crippen molar-refractivity contribution < 1.29 is 14.3 Å². The van der Waals surface area contributed by atoms with Crippen LogP contribution in [0.15, 0.2) is 4.99 Å². The summed E-state index contributed by atoms with van der Waals surface area (Å²) >= 11 is 1.62. The van der Waals surface area contributed by atoms with Gasteiger partial charge >= 0.3 is 6.03 Å². The van der Waals surface area contributed by atoms with Crippen LogP contribution in [0.1, 0.15) is 13.8 Å². The van der Waals surface area contributed by atoms with E-state index in [0.717, 1.165) is 10.9 Å². The zero-order valence-corrected chi connectivity index (χ0v) is 13.6. The summed E-state index contributed by atoms with van der Waals surface area (Å²) < 4.78 is 5.12. The molecule has 2 unspecified atom stereocenters. The van der Waals surface area contributed by atoms with E-state index in [1.54, 1.807) is 25.9 Å². The van der Waals surface area contributed by atoms with Crippen LogP contribution in [0.25, 0.3) is 0 Å². The highest BCUT2D eigenvalue weighted by Gasteiger charge is 2.48. The Bertz CT molecular complexity index is 455. The third kappa shape index (κ3) is 3.32. The van der Waals surface area contributed by atoms with Crippen molar-refractivity contribution in [2.24, 2.45) is 10.9 Å². The first-order chi connectivity index (χ1) is 9.95. The van der Waals surface area contributed by atoms with Crippen molar-refractivity contribution >= 4 is 28.9 Å². The molecule has 2 rings (SSSR count). The van der Waals surface area contributed by atoms with Gasteiger partial charge < -0.3 is 14.5 Å². The molecule has 0 aromatic carbocycles. The first-order valence-electron chi connectivity index (χ1n) is 6.99. The summed E-state index contributed by atoms with van der Waals surface area (Å²) in [6.07, 6.45) is -0.447. The van der Waals surface area contributed by atoms with Crippen LogP contribution in [0.3, 0.4) is 0 Å². The lowest BCUT2D eigenvalue weighted by Crippen LogP contribution is -2.63. The lowest BCUT2D eigenvalue weighted by molar-refractivity contribution is -0.127. The Morgan fingerprint density at radius 3 is 2.76 bits per heavy atom. The smallest absolute Gasteiger partial charge is 0.325 e. The van der Waals surface area contributed by atoms with Crippen LogP contribution in [0.2, 0.25) is 0 Å². The molecule has 7 nitrogen and oxygen atoms in total. The van der Waals surface area contributed by atoms with E-state index in [2.05, 4.69) is 24.2 Å². The molecule has 1 fully saturated rings. The maximum absolute atomic E-state index is 12.2. The Morgan fingerprint density at radius 1 is 1.43 bits per heavy atom. The maximum Gasteiger partial charge on any atom is 0.325 e. The molecule has 0 spiro atoms. The third-order valence-corrected chi connectivity index (χ3v) is 4.84. The van der Waals surface area contributed by atoms with E-state index < -0.39 is 18.2 Å². The number of nitrogens with zero attached hydrogens (tertiary/aromatic N) is 3. The SMILES string of the molecule is COCCN1C(SCC(C)C)=NC2C1C(=O)NC(=O)N2C. The second-order valence-electron chi connectivity index (χ2n) is 5.57. The summed E-state index contributed by atoms with van der Waals surface area (Å²) in [5, 5.41) is 3.19. The van der Waals surface area contributed by atoms with Crippen LogP contribution < -0.4 is 5.32 Å². The van der Waals surface area contributed by atoms with E-state index in [1.807, 2.05) is 4.90 Å². The van der Waals surface area contributed by atoms with Crippen LogP contribution in [-0.2, 0) is 9.53 Å². The Kier molecular flexibility index (Phi) is 5.10. The van der Waals surface area contributed by atoms with Crippen molar-refractivity contribution in [1.29, 1.82) is 0 Å². The average molecular weight is 314 g/mol. The van der Waals surface area contributed by atoms with Gasteiger partial charge in [0.15, 0.2) is 17.4 Å². The number of methoxy groups -OCH3 is 1. The van der Waals surface area contributed by atoms with Gasteiger partial charge in [0.2, 0.25) is 0 Å². The number of hydrogen-bond donors (Lipinski definition) is 1. The lowest BCUT2D eigenvalue weighted by atomic mass is 10.1. The monoisotopic (exact) mass is 314 g/mol. The standard InChI is InChI=1S/C13H22N4O3S/c1-8(2)7-21-13-14-10-9(17(13)5-6-20-4)11(18)15-12(19)16(10)3/h8-10H,5-7H2,1-4H3,(H,15,18,19). The van der Waals surface area contributed by atoms with E-state index in [4.69, 9.17) is 4.74 Å². The summed E-state index contributed by atoms with van der Waals surface area (Å²) in [5.74, 6) is 1.15. The third-order valence-electron chi connectivity index (χ3n) is 3.40. The van der Waals surface area contributed by atoms with Gasteiger partial charge in [0.1, 0.15) is 0 Å². The van der Waals surface area contributed by atoms with Gasteiger partial charge in [-0.3, -0.25) is 10.1 Å². The van der Waals surface area contributed by atoms with Gasteiger partial charge in [0, 0.05) is 26.5 Å². The molecule has 0 radical (unpaired) electrons. The van der Waals surface area contributed by atoms with Crippen molar-refractivity contribution in [3.05, 3.63) is 0 Å². The molecule has 2 aliphatic heterocycles. The normalized spacial score (nSPS) is 25.3. The molecule has 2 heterocycles. The highest BCUT2D eigenvalue weighted by Crippen LogP contribution is 2.28. The Labute approximate surface area is 129 Å². The molecule has 2 aliphatic rings. The number of amides is 3. The van der Waals surface area contributed by atoms with Crippen LogP contribution in [0.5, 0.6) is 0 Å². The Morgan fingerprint density at radius 2 is 2.14 bits per heavy atom. The minimum absolute atomic E-state index is 0.289.